The van der Waals surface area contributed by atoms with Gasteiger partial charge in [0.1, 0.15) is 11.6 Å². The highest BCUT2D eigenvalue weighted by molar-refractivity contribution is 6.07. The summed E-state index contributed by atoms with van der Waals surface area (Å²) in [6.07, 6.45) is -5.07. The van der Waals surface area contributed by atoms with Crippen LogP contribution < -0.4 is 16.0 Å². The third-order valence-corrected chi connectivity index (χ3v) is 7.20. The quantitative estimate of drug-likeness (QED) is 0.373. The van der Waals surface area contributed by atoms with Crippen molar-refractivity contribution in [2.75, 3.05) is 30.4 Å². The van der Waals surface area contributed by atoms with Gasteiger partial charge in [-0.3, -0.25) is 14.5 Å². The van der Waals surface area contributed by atoms with E-state index in [-0.39, 0.29) is 29.5 Å². The number of benzene rings is 3. The van der Waals surface area contributed by atoms with Crippen LogP contribution in [0, 0.1) is 23.3 Å². The molecule has 1 heterocycles. The first-order valence-electron chi connectivity index (χ1n) is 12.4. The standard InChI is InChI=1S/C28H25F7N4O2/c1-13-11-39(12-14(2)38(13)3)23-10-21(30)19(16-6-7-18(26(36)40)25(32)24(16)31)9-22(23)37-27(41)17-5-4-15(29)8-20(17)28(33,34)35/h4-10,13-14H,11-12H2,1-3H3,(H2,36,40)(H,37,41)/t13-,14+. The van der Waals surface area contributed by atoms with Gasteiger partial charge in [-0.2, -0.15) is 13.2 Å². The maximum atomic E-state index is 15.5. The number of primary amides is 1. The molecule has 0 aliphatic carbocycles. The lowest BCUT2D eigenvalue weighted by molar-refractivity contribution is -0.138. The molecule has 1 aliphatic rings. The Morgan fingerprint density at radius 3 is 2.07 bits per heavy atom. The average molecular weight is 583 g/mol. The largest absolute Gasteiger partial charge is 0.417 e. The highest BCUT2D eigenvalue weighted by Gasteiger charge is 2.36. The van der Waals surface area contributed by atoms with E-state index in [0.717, 1.165) is 24.3 Å². The van der Waals surface area contributed by atoms with Crippen molar-refractivity contribution >= 4 is 23.2 Å². The second-order valence-electron chi connectivity index (χ2n) is 9.91. The fourth-order valence-corrected chi connectivity index (χ4v) is 4.82. The number of alkyl halides is 3. The van der Waals surface area contributed by atoms with Gasteiger partial charge in [0.05, 0.1) is 28.1 Å². The Bertz CT molecular complexity index is 1510. The molecule has 1 saturated heterocycles. The molecule has 0 radical (unpaired) electrons. The molecule has 3 aromatic rings. The molecule has 0 saturated carbocycles. The Morgan fingerprint density at radius 1 is 0.878 bits per heavy atom. The summed E-state index contributed by atoms with van der Waals surface area (Å²) < 4.78 is 99.5. The zero-order valence-electron chi connectivity index (χ0n) is 22.0. The van der Waals surface area contributed by atoms with Gasteiger partial charge in [0, 0.05) is 36.3 Å². The van der Waals surface area contributed by atoms with E-state index in [2.05, 4.69) is 10.2 Å². The topological polar surface area (TPSA) is 78.7 Å². The van der Waals surface area contributed by atoms with Gasteiger partial charge in [0.2, 0.25) is 0 Å². The summed E-state index contributed by atoms with van der Waals surface area (Å²) in [5.41, 5.74) is 0.555. The van der Waals surface area contributed by atoms with Crippen LogP contribution in [-0.2, 0) is 6.18 Å². The van der Waals surface area contributed by atoms with Crippen LogP contribution >= 0.6 is 0 Å². The Hall–Kier alpha value is -4.13. The van der Waals surface area contributed by atoms with Gasteiger partial charge in [-0.15, -0.1) is 0 Å². The van der Waals surface area contributed by atoms with Crippen LogP contribution in [0.2, 0.25) is 0 Å². The van der Waals surface area contributed by atoms with Crippen LogP contribution in [0.1, 0.15) is 40.1 Å². The van der Waals surface area contributed by atoms with Crippen molar-refractivity contribution in [3.05, 3.63) is 82.4 Å². The summed E-state index contributed by atoms with van der Waals surface area (Å²) in [5.74, 6) is -8.00. The van der Waals surface area contributed by atoms with Crippen molar-refractivity contribution in [1.29, 1.82) is 0 Å². The Kier molecular flexibility index (Phi) is 8.03. The summed E-state index contributed by atoms with van der Waals surface area (Å²) in [6.45, 7) is 4.47. The minimum Gasteiger partial charge on any atom is -0.367 e. The number of piperazine rings is 1. The number of carbonyl (C=O) groups is 2. The summed E-state index contributed by atoms with van der Waals surface area (Å²) in [6, 6.07) is 5.13. The van der Waals surface area contributed by atoms with Gasteiger partial charge in [-0.25, -0.2) is 17.6 Å². The molecule has 3 aromatic carbocycles. The maximum Gasteiger partial charge on any atom is 0.417 e. The van der Waals surface area contributed by atoms with Crippen LogP contribution in [0.5, 0.6) is 0 Å². The lowest BCUT2D eigenvalue weighted by atomic mass is 9.99. The van der Waals surface area contributed by atoms with Crippen LogP contribution in [0.3, 0.4) is 0 Å². The highest BCUT2D eigenvalue weighted by atomic mass is 19.4. The second-order valence-corrected chi connectivity index (χ2v) is 9.91. The molecule has 3 N–H and O–H groups in total. The molecule has 218 valence electrons. The molecule has 0 aromatic heterocycles. The molecule has 41 heavy (non-hydrogen) atoms. The third-order valence-electron chi connectivity index (χ3n) is 7.20. The number of anilines is 2. The van der Waals surface area contributed by atoms with E-state index in [4.69, 9.17) is 5.73 Å². The van der Waals surface area contributed by atoms with Crippen molar-refractivity contribution in [3.63, 3.8) is 0 Å². The van der Waals surface area contributed by atoms with Gasteiger partial charge in [-0.1, -0.05) is 6.07 Å². The van der Waals surface area contributed by atoms with E-state index in [0.29, 0.717) is 25.2 Å². The first-order chi connectivity index (χ1) is 19.1. The zero-order chi connectivity index (χ0) is 30.4. The number of nitrogens with one attached hydrogen (secondary N) is 1. The normalized spacial score (nSPS) is 18.0. The van der Waals surface area contributed by atoms with Crippen LogP contribution in [-0.4, -0.2) is 48.9 Å². The van der Waals surface area contributed by atoms with Crippen molar-refractivity contribution in [2.24, 2.45) is 5.73 Å². The predicted molar refractivity (Wildman–Crippen MR) is 139 cm³/mol. The van der Waals surface area contributed by atoms with E-state index < -0.39 is 69.1 Å². The minimum absolute atomic E-state index is 0.0492. The van der Waals surface area contributed by atoms with E-state index in [1.54, 1.807) is 4.90 Å². The lowest BCUT2D eigenvalue weighted by Gasteiger charge is -2.44. The summed E-state index contributed by atoms with van der Waals surface area (Å²) >= 11 is 0. The number of halogens is 7. The number of carbonyl (C=O) groups excluding carboxylic acids is 2. The van der Waals surface area contributed by atoms with Gasteiger partial charge in [-0.05, 0) is 57.3 Å². The molecule has 1 fully saturated rings. The molecule has 13 heteroatoms. The summed E-state index contributed by atoms with van der Waals surface area (Å²) in [5, 5.41) is 2.32. The van der Waals surface area contributed by atoms with E-state index in [9.17, 15) is 35.9 Å². The smallest absolute Gasteiger partial charge is 0.367 e. The molecular formula is C28H25F7N4O2. The summed E-state index contributed by atoms with van der Waals surface area (Å²) in [7, 11) is 1.89. The zero-order valence-corrected chi connectivity index (χ0v) is 22.0. The van der Waals surface area contributed by atoms with Gasteiger partial charge >= 0.3 is 6.18 Å². The fraction of sp³-hybridized carbons (Fsp3) is 0.286. The van der Waals surface area contributed by atoms with Gasteiger partial charge in [0.25, 0.3) is 11.8 Å². The number of rotatable bonds is 5. The average Bonchev–Trinajstić information content (AvgIpc) is 2.88. The monoisotopic (exact) mass is 582 g/mol. The molecule has 4 rings (SSSR count). The van der Waals surface area contributed by atoms with E-state index in [1.165, 1.54) is 0 Å². The SMILES string of the molecule is C[C@@H]1CN(c2cc(F)c(-c3ccc(C(N)=O)c(F)c3F)cc2NC(=O)c2ccc(F)cc2C(F)(F)F)C[C@H](C)N1C. The maximum absolute atomic E-state index is 15.5. The van der Waals surface area contributed by atoms with Gasteiger partial charge < -0.3 is 16.0 Å². The third kappa shape index (κ3) is 5.85. The van der Waals surface area contributed by atoms with Crippen LogP contribution in [0.4, 0.5) is 42.1 Å². The fourth-order valence-electron chi connectivity index (χ4n) is 4.82. The Labute approximate surface area is 230 Å². The number of amides is 2. The molecule has 0 spiro atoms. The van der Waals surface area contributed by atoms with E-state index in [1.807, 2.05) is 20.9 Å². The molecule has 0 bridgehead atoms. The number of hydrogen-bond donors (Lipinski definition) is 2. The number of nitrogens with zero attached hydrogens (tertiary/aromatic N) is 2. The molecule has 0 unspecified atom stereocenters. The Morgan fingerprint density at radius 2 is 1.49 bits per heavy atom. The van der Waals surface area contributed by atoms with Crippen LogP contribution in [0.15, 0.2) is 42.5 Å². The molecule has 2 amide bonds. The van der Waals surface area contributed by atoms with Crippen molar-refractivity contribution < 1.29 is 40.3 Å². The summed E-state index contributed by atoms with van der Waals surface area (Å²) in [4.78, 5) is 28.3. The second kappa shape index (κ2) is 11.0. The number of hydrogen-bond acceptors (Lipinski definition) is 4. The van der Waals surface area contributed by atoms with Crippen molar-refractivity contribution in [3.8, 4) is 11.1 Å². The predicted octanol–water partition coefficient (Wildman–Crippen LogP) is 5.81. The minimum atomic E-state index is -5.07. The first-order valence-corrected chi connectivity index (χ1v) is 12.4. The number of likely N-dealkylation sites (N-methyl/N-ethyl adjacent to an activating group) is 1. The Balaban J connectivity index is 1.87. The lowest BCUT2D eigenvalue weighted by Crippen LogP contribution is -2.55. The van der Waals surface area contributed by atoms with Crippen molar-refractivity contribution in [2.45, 2.75) is 32.1 Å². The first kappa shape index (κ1) is 29.8. The van der Waals surface area contributed by atoms with E-state index >= 15 is 4.39 Å². The van der Waals surface area contributed by atoms with Crippen LogP contribution in [0.25, 0.3) is 11.1 Å². The molecule has 2 atom stereocenters. The molecule has 6 nitrogen and oxygen atoms in total. The molecule has 1 aliphatic heterocycles. The number of nitrogens with two attached hydrogens (primary N) is 1. The van der Waals surface area contributed by atoms with Gasteiger partial charge in [0.15, 0.2) is 11.6 Å². The highest BCUT2D eigenvalue weighted by Crippen LogP contribution is 2.39. The van der Waals surface area contributed by atoms with Crippen molar-refractivity contribution in [1.82, 2.24) is 4.90 Å². The molecular weight excluding hydrogens is 557 g/mol.